The Bertz CT molecular complexity index is 441. The van der Waals surface area contributed by atoms with Gasteiger partial charge in [0.2, 0.25) is 0 Å². The maximum Gasteiger partial charge on any atom is 3.00 e. The first-order chi connectivity index (χ1) is 7.74. The Morgan fingerprint density at radius 2 is 1.63 bits per heavy atom. The van der Waals surface area contributed by atoms with Gasteiger partial charge in [-0.2, -0.15) is 5.56 Å². The molecule has 0 bridgehead atoms. The van der Waals surface area contributed by atoms with Gasteiger partial charge in [0.25, 0.3) is 0 Å². The SMILES string of the molecule is CCCc1[cH-]c2ccccc2c1C.C[Si]C.[I-].[I-].[Zr+3]. The maximum absolute atomic E-state index is 2.33. The Balaban J connectivity index is -0.000000393. The van der Waals surface area contributed by atoms with Crippen LogP contribution >= 0.6 is 0 Å². The zero-order valence-electron chi connectivity index (χ0n) is 12.1. The molecule has 2 aromatic carbocycles. The molecule has 0 spiro atoms. The number of rotatable bonds is 2. The van der Waals surface area contributed by atoms with E-state index in [1.54, 1.807) is 0 Å². The summed E-state index contributed by atoms with van der Waals surface area (Å²) < 4.78 is 0. The second-order valence-corrected chi connectivity index (χ2v) is 5.13. The van der Waals surface area contributed by atoms with Crippen molar-refractivity contribution in [3.05, 3.63) is 41.5 Å². The molecule has 0 aliphatic rings. The molecule has 4 heteroatoms. The van der Waals surface area contributed by atoms with Crippen LogP contribution in [0.25, 0.3) is 10.8 Å². The molecular weight excluding hydrogens is 553 g/mol. The van der Waals surface area contributed by atoms with E-state index in [1.807, 2.05) is 0 Å². The summed E-state index contributed by atoms with van der Waals surface area (Å²) >= 11 is 0. The third-order valence-corrected chi connectivity index (χ3v) is 2.70. The molecule has 0 amide bonds. The molecule has 103 valence electrons. The smallest absolute Gasteiger partial charge is 1.00 e. The van der Waals surface area contributed by atoms with E-state index in [2.05, 4.69) is 57.3 Å². The maximum atomic E-state index is 2.33. The first-order valence-electron chi connectivity index (χ1n) is 5.97. The second kappa shape index (κ2) is 14.3. The minimum Gasteiger partial charge on any atom is -1.00 e. The van der Waals surface area contributed by atoms with Gasteiger partial charge in [0.15, 0.2) is 0 Å². The molecule has 0 saturated carbocycles. The van der Waals surface area contributed by atoms with E-state index >= 15 is 0 Å². The molecule has 0 atom stereocenters. The average Bonchev–Trinajstić information content (AvgIpc) is 2.59. The topological polar surface area (TPSA) is 0 Å². The van der Waals surface area contributed by atoms with E-state index in [0.29, 0.717) is 0 Å². The van der Waals surface area contributed by atoms with E-state index in [0.717, 1.165) is 9.52 Å². The fourth-order valence-electron chi connectivity index (χ4n) is 1.96. The van der Waals surface area contributed by atoms with Crippen molar-refractivity contribution >= 4 is 20.3 Å². The van der Waals surface area contributed by atoms with Gasteiger partial charge in [0, 0.05) is 9.52 Å². The third-order valence-electron chi connectivity index (χ3n) is 2.70. The molecule has 0 aliphatic carbocycles. The Morgan fingerprint density at radius 3 is 2.11 bits per heavy atom. The summed E-state index contributed by atoms with van der Waals surface area (Å²) in [6.45, 7) is 8.77. The fraction of sp³-hybridized carbons (Fsp3) is 0.400. The first-order valence-corrected chi connectivity index (χ1v) is 7.97. The van der Waals surface area contributed by atoms with Gasteiger partial charge in [-0.25, -0.2) is 0 Å². The molecule has 0 N–H and O–H groups in total. The Hall–Kier alpha value is 1.39. The normalized spacial score (nSPS) is 8.42. The minimum absolute atomic E-state index is 0. The van der Waals surface area contributed by atoms with Crippen LogP contribution in [0.3, 0.4) is 0 Å². The largest absolute Gasteiger partial charge is 3.00 e. The van der Waals surface area contributed by atoms with E-state index in [4.69, 9.17) is 0 Å². The van der Waals surface area contributed by atoms with Crippen LogP contribution in [0.2, 0.25) is 13.1 Å². The number of benzene rings is 1. The summed E-state index contributed by atoms with van der Waals surface area (Å²) in [6, 6.07) is 11.0. The predicted octanol–water partition coefficient (Wildman–Crippen LogP) is -1.39. The molecule has 2 aromatic rings. The molecule has 0 nitrogen and oxygen atoms in total. The van der Waals surface area contributed by atoms with Crippen LogP contribution in [0.15, 0.2) is 30.3 Å². The van der Waals surface area contributed by atoms with E-state index in [1.165, 1.54) is 34.7 Å². The average molecular weight is 574 g/mol. The van der Waals surface area contributed by atoms with Gasteiger partial charge < -0.3 is 48.0 Å². The van der Waals surface area contributed by atoms with Gasteiger partial charge in [-0.05, 0) is 6.42 Å². The van der Waals surface area contributed by atoms with Gasteiger partial charge in [0.1, 0.15) is 0 Å². The van der Waals surface area contributed by atoms with Crippen LogP contribution in [-0.2, 0) is 32.6 Å². The molecule has 0 unspecified atom stereocenters. The van der Waals surface area contributed by atoms with Gasteiger partial charge in [-0.3, -0.25) is 0 Å². The monoisotopic (exact) mass is 573 g/mol. The van der Waals surface area contributed by atoms with E-state index in [-0.39, 0.29) is 74.2 Å². The Kier molecular flexibility index (Phi) is 19.1. The van der Waals surface area contributed by atoms with Crippen LogP contribution in [0.1, 0.15) is 24.5 Å². The number of halogens is 2. The van der Waals surface area contributed by atoms with E-state index in [9.17, 15) is 0 Å². The van der Waals surface area contributed by atoms with Crippen LogP contribution in [-0.4, -0.2) is 9.52 Å². The molecule has 0 aliphatic heterocycles. The van der Waals surface area contributed by atoms with Gasteiger partial charge in [-0.15, -0.1) is 40.6 Å². The van der Waals surface area contributed by atoms with Crippen molar-refractivity contribution in [3.8, 4) is 0 Å². The second-order valence-electron chi connectivity index (χ2n) is 4.13. The molecule has 3 radical (unpaired) electrons. The number of aryl methyl sites for hydroxylation is 2. The van der Waals surface area contributed by atoms with Crippen LogP contribution in [0.5, 0.6) is 0 Å². The van der Waals surface area contributed by atoms with Crippen molar-refractivity contribution in [1.29, 1.82) is 0 Å². The summed E-state index contributed by atoms with van der Waals surface area (Å²) in [4.78, 5) is 0. The van der Waals surface area contributed by atoms with Gasteiger partial charge in [-0.1, -0.05) is 39.4 Å². The number of fused-ring (bicyclic) bond motifs is 1. The summed E-state index contributed by atoms with van der Waals surface area (Å²) in [7, 11) is 1.08. The Labute approximate surface area is 173 Å². The van der Waals surface area contributed by atoms with Crippen molar-refractivity contribution in [2.45, 2.75) is 39.8 Å². The zero-order chi connectivity index (χ0) is 12.0. The van der Waals surface area contributed by atoms with Crippen LogP contribution < -0.4 is 48.0 Å². The Morgan fingerprint density at radius 1 is 1.11 bits per heavy atom. The fourth-order valence-corrected chi connectivity index (χ4v) is 1.96. The number of hydrogen-bond donors (Lipinski definition) is 0. The van der Waals surface area contributed by atoms with Crippen molar-refractivity contribution in [2.24, 2.45) is 0 Å². The van der Waals surface area contributed by atoms with Crippen molar-refractivity contribution in [3.63, 3.8) is 0 Å². The predicted molar refractivity (Wildman–Crippen MR) is 75.8 cm³/mol. The van der Waals surface area contributed by atoms with Crippen LogP contribution in [0.4, 0.5) is 0 Å². The summed E-state index contributed by atoms with van der Waals surface area (Å²) in [5.41, 5.74) is 2.99. The van der Waals surface area contributed by atoms with Crippen molar-refractivity contribution in [1.82, 2.24) is 0 Å². The zero-order valence-corrected chi connectivity index (χ0v) is 19.8. The first kappa shape index (κ1) is 25.3. The molecular formula is C15H21I2SiZr. The van der Waals surface area contributed by atoms with E-state index < -0.39 is 0 Å². The summed E-state index contributed by atoms with van der Waals surface area (Å²) in [5.74, 6) is 0. The number of hydrogen-bond acceptors (Lipinski definition) is 0. The molecule has 0 aromatic heterocycles. The summed E-state index contributed by atoms with van der Waals surface area (Å²) in [6.07, 6.45) is 2.44. The third kappa shape index (κ3) is 7.82. The molecule has 0 heterocycles. The minimum atomic E-state index is 0. The molecule has 0 saturated heterocycles. The summed E-state index contributed by atoms with van der Waals surface area (Å²) in [5, 5.41) is 2.81. The van der Waals surface area contributed by atoms with Crippen molar-refractivity contribution in [2.75, 3.05) is 0 Å². The van der Waals surface area contributed by atoms with Crippen LogP contribution in [0, 0.1) is 6.92 Å². The quantitative estimate of drug-likeness (QED) is 0.236. The van der Waals surface area contributed by atoms with Crippen molar-refractivity contribution < 1.29 is 74.2 Å². The molecule has 19 heavy (non-hydrogen) atoms. The standard InChI is InChI=1S/C13H15.C2H6Si.2HI.Zr/c1-3-6-11-9-12-7-4-5-8-13(12)10(11)2;1-3-2;;;/h4-5,7-9H,3,6H2,1-2H3;1-2H3;2*1H;/q-1;;;;+3/p-2. The van der Waals surface area contributed by atoms with Gasteiger partial charge in [0.05, 0.1) is 0 Å². The van der Waals surface area contributed by atoms with Gasteiger partial charge >= 0.3 is 26.2 Å². The molecule has 0 fully saturated rings. The molecule has 2 rings (SSSR count).